The van der Waals surface area contributed by atoms with E-state index in [1.807, 2.05) is 6.20 Å². The zero-order valence-electron chi connectivity index (χ0n) is 27.4. The Labute approximate surface area is 257 Å². The molecule has 1 aliphatic heterocycles. The molecule has 0 bridgehead atoms. The van der Waals surface area contributed by atoms with Crippen LogP contribution in [0.3, 0.4) is 0 Å². The van der Waals surface area contributed by atoms with Crippen LogP contribution in [0.2, 0.25) is 0 Å². The molecule has 1 fully saturated rings. The van der Waals surface area contributed by atoms with E-state index >= 15 is 0 Å². The molecule has 1 aromatic heterocycles. The lowest BCUT2D eigenvalue weighted by Gasteiger charge is -2.34. The zero-order chi connectivity index (χ0) is 30.3. The zero-order valence-corrected chi connectivity index (χ0v) is 27.4. The first kappa shape index (κ1) is 28.4. The molecule has 1 saturated carbocycles. The van der Waals surface area contributed by atoms with Crippen molar-refractivity contribution in [3.63, 3.8) is 0 Å². The Kier molecular flexibility index (Phi) is 6.48. The molecule has 1 aliphatic carbocycles. The van der Waals surface area contributed by atoms with Gasteiger partial charge in [-0.25, -0.2) is 0 Å². The third-order valence-electron chi connectivity index (χ3n) is 9.83. The van der Waals surface area contributed by atoms with Crippen molar-refractivity contribution in [3.8, 4) is 22.8 Å². The molecular formula is C41H47NO. The summed E-state index contributed by atoms with van der Waals surface area (Å²) in [5.74, 6) is 2.57. The van der Waals surface area contributed by atoms with Crippen molar-refractivity contribution in [2.24, 2.45) is 16.2 Å². The predicted octanol–water partition coefficient (Wildman–Crippen LogP) is 12.2. The fraction of sp³-hybridized carbons (Fsp3) is 0.439. The number of ether oxygens (including phenoxy) is 1. The van der Waals surface area contributed by atoms with Gasteiger partial charge in [0.1, 0.15) is 11.5 Å². The SMILES string of the molecule is CC(C)(C)Cc1ccc2c(CC(C)(C)C)c3c(cc2c1)-c1nccc2c1c(cc1ccc(C4CCC(C)(C)CC4)cc12)O3. The molecular weight excluding hydrogens is 522 g/mol. The van der Waals surface area contributed by atoms with Crippen molar-refractivity contribution in [2.75, 3.05) is 0 Å². The molecule has 0 radical (unpaired) electrons. The Morgan fingerprint density at radius 1 is 0.767 bits per heavy atom. The molecule has 43 heavy (non-hydrogen) atoms. The standard InChI is InChI=1S/C41H47NO/c1-39(2,3)23-25-9-12-30-29(19-25)21-33-37-36-31(15-18-42-37)32-20-27(26-13-16-41(7,8)17-14-26)10-11-28(32)22-35(36)43-38(33)34(30)24-40(4,5)6/h9-12,15,18-22,26H,13-14,16-17,23-24H2,1-8H3. The van der Waals surface area contributed by atoms with Crippen molar-refractivity contribution in [1.82, 2.24) is 4.98 Å². The summed E-state index contributed by atoms with van der Waals surface area (Å²) < 4.78 is 6.98. The highest BCUT2D eigenvalue weighted by Crippen LogP contribution is 2.52. The van der Waals surface area contributed by atoms with Crippen LogP contribution in [0, 0.1) is 16.2 Å². The molecule has 0 saturated heterocycles. The van der Waals surface area contributed by atoms with Gasteiger partial charge >= 0.3 is 0 Å². The van der Waals surface area contributed by atoms with Crippen LogP contribution >= 0.6 is 0 Å². The first-order valence-corrected chi connectivity index (χ1v) is 16.4. The largest absolute Gasteiger partial charge is 0.456 e. The maximum Gasteiger partial charge on any atom is 0.140 e. The van der Waals surface area contributed by atoms with Gasteiger partial charge < -0.3 is 4.74 Å². The summed E-state index contributed by atoms with van der Waals surface area (Å²) in [5.41, 5.74) is 7.17. The van der Waals surface area contributed by atoms with Crippen molar-refractivity contribution < 1.29 is 4.74 Å². The minimum Gasteiger partial charge on any atom is -0.456 e. The van der Waals surface area contributed by atoms with Crippen LogP contribution in [-0.2, 0) is 12.8 Å². The summed E-state index contributed by atoms with van der Waals surface area (Å²) >= 11 is 0. The van der Waals surface area contributed by atoms with Crippen LogP contribution in [0.25, 0.3) is 43.6 Å². The number of rotatable bonds is 3. The fourth-order valence-electron chi connectivity index (χ4n) is 7.70. The highest BCUT2D eigenvalue weighted by Gasteiger charge is 2.30. The Morgan fingerprint density at radius 3 is 2.23 bits per heavy atom. The highest BCUT2D eigenvalue weighted by atomic mass is 16.5. The summed E-state index contributed by atoms with van der Waals surface area (Å²) in [6, 6.07) is 21.0. The van der Waals surface area contributed by atoms with Gasteiger partial charge in [-0.05, 0) is 117 Å². The van der Waals surface area contributed by atoms with Crippen LogP contribution in [0.1, 0.15) is 104 Å². The fourth-order valence-corrected chi connectivity index (χ4v) is 7.70. The second-order valence-corrected chi connectivity index (χ2v) is 16.7. The molecule has 4 aromatic carbocycles. The monoisotopic (exact) mass is 569 g/mol. The van der Waals surface area contributed by atoms with Gasteiger partial charge in [0, 0.05) is 17.3 Å². The van der Waals surface area contributed by atoms with Crippen LogP contribution < -0.4 is 4.74 Å². The van der Waals surface area contributed by atoms with E-state index in [9.17, 15) is 0 Å². The summed E-state index contributed by atoms with van der Waals surface area (Å²) in [6.45, 7) is 18.7. The van der Waals surface area contributed by atoms with Crippen LogP contribution in [0.5, 0.6) is 11.5 Å². The summed E-state index contributed by atoms with van der Waals surface area (Å²) in [7, 11) is 0. The van der Waals surface area contributed by atoms with Gasteiger partial charge in [-0.3, -0.25) is 4.98 Å². The summed E-state index contributed by atoms with van der Waals surface area (Å²) in [4.78, 5) is 5.06. The van der Waals surface area contributed by atoms with Crippen LogP contribution in [-0.4, -0.2) is 4.98 Å². The van der Waals surface area contributed by atoms with E-state index in [1.54, 1.807) is 0 Å². The maximum atomic E-state index is 6.98. The lowest BCUT2D eigenvalue weighted by molar-refractivity contribution is 0.224. The van der Waals surface area contributed by atoms with Gasteiger partial charge in [-0.15, -0.1) is 0 Å². The van der Waals surface area contributed by atoms with E-state index < -0.39 is 0 Å². The molecule has 0 unspecified atom stereocenters. The van der Waals surface area contributed by atoms with Gasteiger partial charge in [0.25, 0.3) is 0 Å². The number of pyridine rings is 1. The predicted molar refractivity (Wildman–Crippen MR) is 184 cm³/mol. The molecule has 7 rings (SSSR count). The summed E-state index contributed by atoms with van der Waals surface area (Å²) in [6.07, 6.45) is 9.15. The number of aromatic nitrogens is 1. The molecule has 0 N–H and O–H groups in total. The number of hydrogen-bond acceptors (Lipinski definition) is 2. The Balaban J connectivity index is 1.42. The van der Waals surface area contributed by atoms with E-state index in [1.165, 1.54) is 69.3 Å². The minimum absolute atomic E-state index is 0.114. The quantitative estimate of drug-likeness (QED) is 0.198. The number of hydrogen-bond donors (Lipinski definition) is 0. The van der Waals surface area contributed by atoms with Crippen molar-refractivity contribution in [1.29, 1.82) is 0 Å². The molecule has 0 spiro atoms. The first-order valence-electron chi connectivity index (χ1n) is 16.4. The van der Waals surface area contributed by atoms with Gasteiger partial charge in [0.2, 0.25) is 0 Å². The summed E-state index contributed by atoms with van der Waals surface area (Å²) in [5, 5.41) is 7.54. The molecule has 2 aliphatic rings. The first-order chi connectivity index (χ1) is 20.2. The molecule has 2 heterocycles. The third-order valence-corrected chi connectivity index (χ3v) is 9.83. The molecule has 222 valence electrons. The average molecular weight is 570 g/mol. The van der Waals surface area contributed by atoms with E-state index in [0.29, 0.717) is 11.3 Å². The van der Waals surface area contributed by atoms with E-state index in [0.717, 1.165) is 41.0 Å². The third kappa shape index (κ3) is 5.32. The van der Waals surface area contributed by atoms with Gasteiger partial charge in [0.15, 0.2) is 0 Å². The number of benzene rings is 4. The second kappa shape index (κ2) is 9.81. The second-order valence-electron chi connectivity index (χ2n) is 16.7. The molecule has 2 nitrogen and oxygen atoms in total. The Morgan fingerprint density at radius 2 is 1.51 bits per heavy atom. The van der Waals surface area contributed by atoms with Crippen molar-refractivity contribution in [3.05, 3.63) is 77.5 Å². The topological polar surface area (TPSA) is 22.1 Å². The van der Waals surface area contributed by atoms with Crippen LogP contribution in [0.15, 0.2) is 60.8 Å². The normalized spacial score (nSPS) is 16.9. The number of fused-ring (bicyclic) bond motifs is 5. The van der Waals surface area contributed by atoms with E-state index in [-0.39, 0.29) is 10.8 Å². The van der Waals surface area contributed by atoms with E-state index in [4.69, 9.17) is 9.72 Å². The average Bonchev–Trinajstić information content (AvgIpc) is 2.92. The molecule has 0 amide bonds. The molecule has 2 heteroatoms. The minimum atomic E-state index is 0.114. The maximum absolute atomic E-state index is 6.98. The van der Waals surface area contributed by atoms with Crippen molar-refractivity contribution in [2.45, 2.75) is 99.8 Å². The Hall–Kier alpha value is -3.39. The lowest BCUT2D eigenvalue weighted by Crippen LogP contribution is -2.20. The highest BCUT2D eigenvalue weighted by molar-refractivity contribution is 6.16. The smallest absolute Gasteiger partial charge is 0.140 e. The van der Waals surface area contributed by atoms with Gasteiger partial charge in [0.05, 0.1) is 11.1 Å². The van der Waals surface area contributed by atoms with Gasteiger partial charge in [-0.1, -0.05) is 91.8 Å². The number of nitrogens with zero attached hydrogens (tertiary/aromatic N) is 1. The Bertz CT molecular complexity index is 1890. The molecule has 5 aromatic rings. The molecule has 0 atom stereocenters. The van der Waals surface area contributed by atoms with E-state index in [2.05, 4.69) is 110 Å². The van der Waals surface area contributed by atoms with Crippen molar-refractivity contribution >= 4 is 32.3 Å². The van der Waals surface area contributed by atoms with Crippen LogP contribution in [0.4, 0.5) is 0 Å². The lowest BCUT2D eigenvalue weighted by atomic mass is 9.71. The van der Waals surface area contributed by atoms with Gasteiger partial charge in [-0.2, -0.15) is 0 Å².